The monoisotopic (exact) mass is 360 g/mol. The molecule has 2 N–H and O–H groups in total. The lowest BCUT2D eigenvalue weighted by atomic mass is 10.2. The number of amides is 1. The van der Waals surface area contributed by atoms with Crippen molar-refractivity contribution in [1.29, 1.82) is 0 Å². The highest BCUT2D eigenvalue weighted by molar-refractivity contribution is 7.14. The minimum absolute atomic E-state index is 0.0123. The van der Waals surface area contributed by atoms with Crippen molar-refractivity contribution in [2.45, 2.75) is 20.4 Å². The molecule has 0 aliphatic carbocycles. The van der Waals surface area contributed by atoms with Crippen molar-refractivity contribution in [2.75, 3.05) is 5.32 Å². The molecule has 0 bridgehead atoms. The van der Waals surface area contributed by atoms with E-state index in [-0.39, 0.29) is 11.3 Å². The van der Waals surface area contributed by atoms with Crippen LogP contribution in [0.15, 0.2) is 17.8 Å². The van der Waals surface area contributed by atoms with Crippen LogP contribution in [0.4, 0.5) is 5.13 Å². The Balaban J connectivity index is 1.83. The Morgan fingerprint density at radius 2 is 2.16 bits per heavy atom. The number of carboxylic acids is 1. The number of thiazole rings is 1. The van der Waals surface area contributed by atoms with Crippen LogP contribution in [-0.2, 0) is 13.6 Å². The van der Waals surface area contributed by atoms with Crippen LogP contribution in [0.1, 0.15) is 33.5 Å². The number of nitrogens with one attached hydrogen (secondary N) is 1. The van der Waals surface area contributed by atoms with Crippen molar-refractivity contribution in [3.63, 3.8) is 0 Å². The maximum atomic E-state index is 12.3. The van der Waals surface area contributed by atoms with E-state index >= 15 is 0 Å². The molecule has 3 aromatic heterocycles. The highest BCUT2D eigenvalue weighted by atomic mass is 32.1. The van der Waals surface area contributed by atoms with Gasteiger partial charge in [-0.3, -0.25) is 19.5 Å². The van der Waals surface area contributed by atoms with E-state index in [0.29, 0.717) is 10.8 Å². The van der Waals surface area contributed by atoms with E-state index in [1.54, 1.807) is 0 Å². The fourth-order valence-electron chi connectivity index (χ4n) is 2.41. The Kier molecular flexibility index (Phi) is 4.36. The molecule has 0 aliphatic rings. The number of carboxylic acid groups (broad SMARTS) is 1. The number of rotatable bonds is 5. The van der Waals surface area contributed by atoms with Gasteiger partial charge in [-0.1, -0.05) is 0 Å². The van der Waals surface area contributed by atoms with Crippen LogP contribution in [0.25, 0.3) is 11.3 Å². The summed E-state index contributed by atoms with van der Waals surface area (Å²) >= 11 is 1.26. The molecule has 0 radical (unpaired) electrons. The Bertz CT molecular complexity index is 955. The second-order valence-electron chi connectivity index (χ2n) is 5.31. The van der Waals surface area contributed by atoms with Crippen molar-refractivity contribution in [2.24, 2.45) is 7.05 Å². The summed E-state index contributed by atoms with van der Waals surface area (Å²) in [5.41, 5.74) is 2.27. The predicted molar refractivity (Wildman–Crippen MR) is 91.9 cm³/mol. The molecular formula is C15H16N6O3S. The molecule has 0 saturated heterocycles. The van der Waals surface area contributed by atoms with Crippen molar-refractivity contribution in [3.05, 3.63) is 34.7 Å². The standard InChI is InChI=1S/C15H16N6O3S/c1-4-21-6-10(8(2)19-21)11-7-25-15(17-11)18-13(22)9-5-16-20(3)12(9)14(23)24/h5-7H,4H2,1-3H3,(H,23,24)(H,17,18,22). The van der Waals surface area contributed by atoms with E-state index in [1.165, 1.54) is 24.6 Å². The quantitative estimate of drug-likeness (QED) is 0.719. The number of hydrogen-bond acceptors (Lipinski definition) is 6. The molecule has 0 unspecified atom stereocenters. The molecule has 0 spiro atoms. The number of aromatic carboxylic acids is 1. The summed E-state index contributed by atoms with van der Waals surface area (Å²) in [5, 5.41) is 22.2. The van der Waals surface area contributed by atoms with Crippen LogP contribution in [0.5, 0.6) is 0 Å². The smallest absolute Gasteiger partial charge is 0.354 e. The van der Waals surface area contributed by atoms with Gasteiger partial charge in [-0.25, -0.2) is 9.78 Å². The zero-order chi connectivity index (χ0) is 18.1. The van der Waals surface area contributed by atoms with E-state index in [2.05, 4.69) is 20.5 Å². The second kappa shape index (κ2) is 6.48. The number of hydrogen-bond donors (Lipinski definition) is 2. The van der Waals surface area contributed by atoms with Crippen molar-refractivity contribution >= 4 is 28.3 Å². The number of aromatic nitrogens is 5. The summed E-state index contributed by atoms with van der Waals surface area (Å²) in [7, 11) is 1.47. The molecule has 0 aliphatic heterocycles. The Labute approximate surface area is 146 Å². The van der Waals surface area contributed by atoms with E-state index in [0.717, 1.165) is 22.5 Å². The lowest BCUT2D eigenvalue weighted by Crippen LogP contribution is -2.17. The normalized spacial score (nSPS) is 10.8. The molecule has 3 heterocycles. The highest BCUT2D eigenvalue weighted by Gasteiger charge is 2.22. The molecule has 3 aromatic rings. The van der Waals surface area contributed by atoms with Crippen molar-refractivity contribution in [1.82, 2.24) is 24.5 Å². The molecule has 0 aromatic carbocycles. The zero-order valence-corrected chi connectivity index (χ0v) is 14.7. The molecule has 25 heavy (non-hydrogen) atoms. The van der Waals surface area contributed by atoms with Gasteiger partial charge < -0.3 is 5.11 Å². The Morgan fingerprint density at radius 3 is 2.80 bits per heavy atom. The summed E-state index contributed by atoms with van der Waals surface area (Å²) in [6, 6.07) is 0. The number of carbonyl (C=O) groups is 2. The maximum Gasteiger partial charge on any atom is 0.354 e. The van der Waals surface area contributed by atoms with Gasteiger partial charge in [-0.15, -0.1) is 11.3 Å². The lowest BCUT2D eigenvalue weighted by Gasteiger charge is -2.01. The van der Waals surface area contributed by atoms with Gasteiger partial charge in [0, 0.05) is 30.7 Å². The summed E-state index contributed by atoms with van der Waals surface area (Å²) in [4.78, 5) is 28.0. The highest BCUT2D eigenvalue weighted by Crippen LogP contribution is 2.27. The molecule has 1 amide bonds. The van der Waals surface area contributed by atoms with Crippen LogP contribution in [0.2, 0.25) is 0 Å². The SMILES string of the molecule is CCn1cc(-c2csc(NC(=O)c3cnn(C)c3C(=O)O)n2)c(C)n1. The van der Waals surface area contributed by atoms with E-state index in [1.807, 2.05) is 30.1 Å². The summed E-state index contributed by atoms with van der Waals surface area (Å²) in [6.45, 7) is 4.65. The molecule has 3 rings (SSSR count). The molecule has 0 atom stereocenters. The van der Waals surface area contributed by atoms with Crippen LogP contribution in [-0.4, -0.2) is 41.5 Å². The third-order valence-corrected chi connectivity index (χ3v) is 4.41. The van der Waals surface area contributed by atoms with E-state index < -0.39 is 11.9 Å². The zero-order valence-electron chi connectivity index (χ0n) is 13.8. The number of anilines is 1. The van der Waals surface area contributed by atoms with Gasteiger partial charge in [0.1, 0.15) is 0 Å². The number of aryl methyl sites for hydroxylation is 3. The van der Waals surface area contributed by atoms with Crippen LogP contribution >= 0.6 is 11.3 Å². The minimum atomic E-state index is -1.22. The van der Waals surface area contributed by atoms with E-state index in [9.17, 15) is 14.7 Å². The van der Waals surface area contributed by atoms with E-state index in [4.69, 9.17) is 0 Å². The van der Waals surface area contributed by atoms with Crippen LogP contribution in [0.3, 0.4) is 0 Å². The molecule has 0 fully saturated rings. The van der Waals surface area contributed by atoms with Crippen molar-refractivity contribution < 1.29 is 14.7 Å². The van der Waals surface area contributed by atoms with Gasteiger partial charge >= 0.3 is 5.97 Å². The van der Waals surface area contributed by atoms with Gasteiger partial charge in [0.25, 0.3) is 5.91 Å². The first-order chi connectivity index (χ1) is 11.9. The third-order valence-electron chi connectivity index (χ3n) is 3.66. The second-order valence-corrected chi connectivity index (χ2v) is 6.17. The fraction of sp³-hybridized carbons (Fsp3) is 0.267. The van der Waals surface area contributed by atoms with Gasteiger partial charge in [0.15, 0.2) is 10.8 Å². The van der Waals surface area contributed by atoms with Crippen LogP contribution in [0, 0.1) is 6.92 Å². The third kappa shape index (κ3) is 3.15. The van der Waals surface area contributed by atoms with Crippen molar-refractivity contribution in [3.8, 4) is 11.3 Å². The first kappa shape index (κ1) is 16.8. The summed E-state index contributed by atoms with van der Waals surface area (Å²) in [6.07, 6.45) is 3.13. The van der Waals surface area contributed by atoms with Gasteiger partial charge in [-0.2, -0.15) is 10.2 Å². The fourth-order valence-corrected chi connectivity index (χ4v) is 3.11. The van der Waals surface area contributed by atoms with Gasteiger partial charge in [0.05, 0.1) is 23.1 Å². The van der Waals surface area contributed by atoms with Crippen LogP contribution < -0.4 is 5.32 Å². The molecular weight excluding hydrogens is 344 g/mol. The first-order valence-corrected chi connectivity index (χ1v) is 8.35. The summed E-state index contributed by atoms with van der Waals surface area (Å²) in [5.74, 6) is -1.78. The molecule has 10 heteroatoms. The lowest BCUT2D eigenvalue weighted by molar-refractivity contribution is 0.0680. The average molecular weight is 360 g/mol. The molecule has 9 nitrogen and oxygen atoms in total. The minimum Gasteiger partial charge on any atom is -0.477 e. The molecule has 130 valence electrons. The predicted octanol–water partition coefficient (Wildman–Crippen LogP) is 2.02. The van der Waals surface area contributed by atoms with Gasteiger partial charge in [-0.05, 0) is 13.8 Å². The maximum absolute atomic E-state index is 12.3. The topological polar surface area (TPSA) is 115 Å². The van der Waals surface area contributed by atoms with Gasteiger partial charge in [0.2, 0.25) is 0 Å². The average Bonchev–Trinajstić information content (AvgIpc) is 3.25. The molecule has 0 saturated carbocycles. The largest absolute Gasteiger partial charge is 0.477 e. The Morgan fingerprint density at radius 1 is 1.40 bits per heavy atom. The number of nitrogens with zero attached hydrogens (tertiary/aromatic N) is 5. The summed E-state index contributed by atoms with van der Waals surface area (Å²) < 4.78 is 2.96. The number of carbonyl (C=O) groups excluding carboxylic acids is 1. The Hall–Kier alpha value is -3.01. The first-order valence-electron chi connectivity index (χ1n) is 7.47.